The topological polar surface area (TPSA) is 120 Å². The second kappa shape index (κ2) is 11.2. The fourth-order valence-electron chi connectivity index (χ4n) is 3.26. The van der Waals surface area contributed by atoms with Gasteiger partial charge in [-0.1, -0.05) is 17.7 Å². The minimum atomic E-state index is -0.186. The van der Waals surface area contributed by atoms with Gasteiger partial charge in [-0.25, -0.2) is 4.98 Å². The number of amides is 2. The standard InChI is InChI=1S/C24H28N6O5/c1-17-3-5-19(6-4-17)33-10-9-29(2)24(32)15-30-14-18(12-27-30)28-23(31)7-8-25-22-11-20-21(13-26-22)35-16-34-20/h3-6,11-14H,7-10,15-16H2,1-2H3,(H,25,26)(H,28,31). The quantitative estimate of drug-likeness (QED) is 0.429. The smallest absolute Gasteiger partial charge is 0.244 e. The van der Waals surface area contributed by atoms with Crippen LogP contribution in [0.5, 0.6) is 17.2 Å². The van der Waals surface area contributed by atoms with Gasteiger partial charge in [0.25, 0.3) is 0 Å². The van der Waals surface area contributed by atoms with Gasteiger partial charge in [-0.15, -0.1) is 0 Å². The molecule has 1 aromatic carbocycles. The van der Waals surface area contributed by atoms with E-state index in [2.05, 4.69) is 20.7 Å². The van der Waals surface area contributed by atoms with Crippen LogP contribution in [-0.4, -0.2) is 65.0 Å². The average Bonchev–Trinajstić information content (AvgIpc) is 3.49. The number of carbonyl (C=O) groups is 2. The van der Waals surface area contributed by atoms with Gasteiger partial charge in [0.15, 0.2) is 11.5 Å². The molecule has 3 heterocycles. The van der Waals surface area contributed by atoms with Crippen LogP contribution in [0.3, 0.4) is 0 Å². The van der Waals surface area contributed by atoms with Gasteiger partial charge >= 0.3 is 0 Å². The summed E-state index contributed by atoms with van der Waals surface area (Å²) in [5.74, 6) is 2.30. The molecule has 0 spiro atoms. The summed E-state index contributed by atoms with van der Waals surface area (Å²) in [6, 6.07) is 9.49. The van der Waals surface area contributed by atoms with Gasteiger partial charge in [-0.2, -0.15) is 5.10 Å². The molecule has 1 aliphatic heterocycles. The molecular formula is C24H28N6O5. The lowest BCUT2D eigenvalue weighted by Gasteiger charge is -2.17. The van der Waals surface area contributed by atoms with Gasteiger partial charge in [0.2, 0.25) is 18.6 Å². The van der Waals surface area contributed by atoms with E-state index in [1.165, 1.54) is 10.9 Å². The molecule has 0 unspecified atom stereocenters. The maximum atomic E-state index is 12.5. The molecular weight excluding hydrogens is 452 g/mol. The van der Waals surface area contributed by atoms with Gasteiger partial charge in [0, 0.05) is 32.3 Å². The molecule has 3 aromatic rings. The lowest BCUT2D eigenvalue weighted by Crippen LogP contribution is -2.33. The van der Waals surface area contributed by atoms with Crippen LogP contribution in [0.4, 0.5) is 11.5 Å². The van der Waals surface area contributed by atoms with E-state index in [1.54, 1.807) is 30.4 Å². The highest BCUT2D eigenvalue weighted by atomic mass is 16.7. The van der Waals surface area contributed by atoms with Crippen LogP contribution in [0, 0.1) is 6.92 Å². The SMILES string of the molecule is Cc1ccc(OCCN(C)C(=O)Cn2cc(NC(=O)CCNc3cc4c(cn3)OCO4)cn2)cc1. The van der Waals surface area contributed by atoms with Crippen molar-refractivity contribution in [3.8, 4) is 17.2 Å². The number of anilines is 2. The number of nitrogens with zero attached hydrogens (tertiary/aromatic N) is 4. The summed E-state index contributed by atoms with van der Waals surface area (Å²) in [5, 5.41) is 10.0. The second-order valence-corrected chi connectivity index (χ2v) is 8.05. The highest BCUT2D eigenvalue weighted by Crippen LogP contribution is 2.32. The fraction of sp³-hybridized carbons (Fsp3) is 0.333. The van der Waals surface area contributed by atoms with E-state index in [1.807, 2.05) is 31.2 Å². The Balaban J connectivity index is 1.15. The van der Waals surface area contributed by atoms with E-state index in [9.17, 15) is 9.59 Å². The third-order valence-corrected chi connectivity index (χ3v) is 5.28. The predicted molar refractivity (Wildman–Crippen MR) is 129 cm³/mol. The van der Waals surface area contributed by atoms with Crippen molar-refractivity contribution in [2.45, 2.75) is 19.9 Å². The zero-order valence-electron chi connectivity index (χ0n) is 19.7. The van der Waals surface area contributed by atoms with E-state index in [4.69, 9.17) is 14.2 Å². The monoisotopic (exact) mass is 480 g/mol. The zero-order chi connectivity index (χ0) is 24.6. The molecule has 184 valence electrons. The summed E-state index contributed by atoms with van der Waals surface area (Å²) in [6.45, 7) is 3.49. The van der Waals surface area contributed by atoms with Gasteiger partial charge in [-0.05, 0) is 19.1 Å². The minimum absolute atomic E-state index is 0.0637. The first kappa shape index (κ1) is 23.9. The van der Waals surface area contributed by atoms with E-state index in [0.29, 0.717) is 42.7 Å². The number of nitrogens with one attached hydrogen (secondary N) is 2. The number of likely N-dealkylation sites (N-methyl/N-ethyl adjacent to an activating group) is 1. The number of hydrogen-bond donors (Lipinski definition) is 2. The molecule has 11 nitrogen and oxygen atoms in total. The Labute approximate surface area is 203 Å². The maximum Gasteiger partial charge on any atom is 0.244 e. The van der Waals surface area contributed by atoms with Crippen molar-refractivity contribution in [2.75, 3.05) is 44.2 Å². The molecule has 2 N–H and O–H groups in total. The molecule has 0 aliphatic carbocycles. The summed E-state index contributed by atoms with van der Waals surface area (Å²) in [7, 11) is 1.72. The van der Waals surface area contributed by atoms with Crippen molar-refractivity contribution in [3.05, 3.63) is 54.5 Å². The number of hydrogen-bond acceptors (Lipinski definition) is 8. The van der Waals surface area contributed by atoms with Crippen molar-refractivity contribution >= 4 is 23.3 Å². The Morgan fingerprint density at radius 1 is 1.17 bits per heavy atom. The molecule has 11 heteroatoms. The number of aryl methyl sites for hydroxylation is 1. The van der Waals surface area contributed by atoms with Crippen molar-refractivity contribution in [1.29, 1.82) is 0 Å². The van der Waals surface area contributed by atoms with Crippen molar-refractivity contribution < 1.29 is 23.8 Å². The first-order chi connectivity index (χ1) is 17.0. The highest BCUT2D eigenvalue weighted by Gasteiger charge is 2.15. The molecule has 4 rings (SSSR count). The van der Waals surface area contributed by atoms with E-state index in [-0.39, 0.29) is 31.6 Å². The summed E-state index contributed by atoms with van der Waals surface area (Å²) in [4.78, 5) is 30.5. The summed E-state index contributed by atoms with van der Waals surface area (Å²) >= 11 is 0. The van der Waals surface area contributed by atoms with Crippen LogP contribution in [0.25, 0.3) is 0 Å². The maximum absolute atomic E-state index is 12.5. The van der Waals surface area contributed by atoms with Crippen molar-refractivity contribution in [1.82, 2.24) is 19.7 Å². The number of aromatic nitrogens is 3. The van der Waals surface area contributed by atoms with Gasteiger partial charge in [-0.3, -0.25) is 14.3 Å². The second-order valence-electron chi connectivity index (χ2n) is 8.05. The summed E-state index contributed by atoms with van der Waals surface area (Å²) in [5.41, 5.74) is 1.68. The van der Waals surface area contributed by atoms with Crippen LogP contribution in [0.1, 0.15) is 12.0 Å². The molecule has 2 amide bonds. The fourth-order valence-corrected chi connectivity index (χ4v) is 3.26. The van der Waals surface area contributed by atoms with Crippen molar-refractivity contribution in [3.63, 3.8) is 0 Å². The Hall–Kier alpha value is -4.28. The van der Waals surface area contributed by atoms with Crippen LogP contribution >= 0.6 is 0 Å². The van der Waals surface area contributed by atoms with E-state index < -0.39 is 0 Å². The van der Waals surface area contributed by atoms with Crippen LogP contribution in [0.2, 0.25) is 0 Å². The van der Waals surface area contributed by atoms with Gasteiger partial charge in [0.1, 0.15) is 24.7 Å². The lowest BCUT2D eigenvalue weighted by atomic mass is 10.2. The van der Waals surface area contributed by atoms with E-state index in [0.717, 1.165) is 11.3 Å². The Morgan fingerprint density at radius 3 is 2.80 bits per heavy atom. The van der Waals surface area contributed by atoms with E-state index >= 15 is 0 Å². The number of rotatable bonds is 11. The van der Waals surface area contributed by atoms with Gasteiger partial charge < -0.3 is 29.7 Å². The number of pyridine rings is 1. The van der Waals surface area contributed by atoms with Crippen LogP contribution < -0.4 is 24.8 Å². The molecule has 35 heavy (non-hydrogen) atoms. The third-order valence-electron chi connectivity index (χ3n) is 5.28. The largest absolute Gasteiger partial charge is 0.492 e. The molecule has 0 fully saturated rings. The average molecular weight is 481 g/mol. The number of fused-ring (bicyclic) bond motifs is 1. The molecule has 0 saturated heterocycles. The van der Waals surface area contributed by atoms with Crippen molar-refractivity contribution in [2.24, 2.45) is 0 Å². The molecule has 2 aromatic heterocycles. The van der Waals surface area contributed by atoms with Crippen LogP contribution in [0.15, 0.2) is 48.9 Å². The number of carbonyl (C=O) groups excluding carboxylic acids is 2. The minimum Gasteiger partial charge on any atom is -0.492 e. The molecule has 0 atom stereocenters. The number of benzene rings is 1. The Morgan fingerprint density at radius 2 is 1.97 bits per heavy atom. The normalized spacial score (nSPS) is 11.7. The number of ether oxygens (including phenoxy) is 3. The molecule has 0 saturated carbocycles. The van der Waals surface area contributed by atoms with Crippen LogP contribution in [-0.2, 0) is 16.1 Å². The third kappa shape index (κ3) is 6.85. The molecule has 0 radical (unpaired) electrons. The molecule has 1 aliphatic rings. The Bertz CT molecular complexity index is 1160. The van der Waals surface area contributed by atoms with Gasteiger partial charge in [0.05, 0.1) is 24.6 Å². The summed E-state index contributed by atoms with van der Waals surface area (Å²) in [6.07, 6.45) is 4.94. The lowest BCUT2D eigenvalue weighted by molar-refractivity contribution is -0.131. The Kier molecular flexibility index (Phi) is 7.66. The zero-order valence-corrected chi connectivity index (χ0v) is 19.7. The predicted octanol–water partition coefficient (Wildman–Crippen LogP) is 2.29. The summed E-state index contributed by atoms with van der Waals surface area (Å²) < 4.78 is 17.7. The first-order valence-electron chi connectivity index (χ1n) is 11.2. The highest BCUT2D eigenvalue weighted by molar-refractivity contribution is 5.90. The molecule has 0 bridgehead atoms. The first-order valence-corrected chi connectivity index (χ1v) is 11.2.